The molecular weight excluding hydrogens is 247 g/mol. The van der Waals surface area contributed by atoms with Crippen molar-refractivity contribution in [3.8, 4) is 11.5 Å². The van der Waals surface area contributed by atoms with E-state index >= 15 is 0 Å². The van der Waals surface area contributed by atoms with Crippen molar-refractivity contribution >= 4 is 0 Å². The third kappa shape index (κ3) is 3.29. The highest BCUT2D eigenvalue weighted by molar-refractivity contribution is 5.44. The monoisotopic (exact) mass is 261 g/mol. The summed E-state index contributed by atoms with van der Waals surface area (Å²) >= 11 is 0. The van der Waals surface area contributed by atoms with E-state index in [1.54, 1.807) is 18.2 Å². The lowest BCUT2D eigenvalue weighted by Crippen LogP contribution is -2.18. The van der Waals surface area contributed by atoms with Crippen LogP contribution in [-0.2, 0) is 0 Å². The first-order chi connectivity index (χ1) is 8.46. The van der Waals surface area contributed by atoms with E-state index in [0.29, 0.717) is 30.3 Å². The molecule has 0 amide bonds. The average Bonchev–Trinajstić information content (AvgIpc) is 2.34. The van der Waals surface area contributed by atoms with Crippen LogP contribution >= 0.6 is 0 Å². The van der Waals surface area contributed by atoms with Crippen LogP contribution in [0.25, 0.3) is 0 Å². The number of hydrogen-bond acceptors (Lipinski definition) is 3. The number of halogens is 3. The molecule has 0 unspecified atom stereocenters. The molecule has 1 aromatic rings. The van der Waals surface area contributed by atoms with Crippen LogP contribution in [0.15, 0.2) is 18.2 Å². The van der Waals surface area contributed by atoms with E-state index in [0.717, 1.165) is 0 Å². The third-order valence-electron chi connectivity index (χ3n) is 2.73. The Morgan fingerprint density at radius 3 is 2.50 bits per heavy atom. The Bertz CT molecular complexity index is 420. The Morgan fingerprint density at radius 2 is 1.83 bits per heavy atom. The molecule has 1 aliphatic heterocycles. The molecule has 18 heavy (non-hydrogen) atoms. The van der Waals surface area contributed by atoms with Crippen LogP contribution in [-0.4, -0.2) is 19.4 Å². The van der Waals surface area contributed by atoms with Crippen LogP contribution in [0.5, 0.6) is 11.5 Å². The van der Waals surface area contributed by atoms with E-state index in [9.17, 15) is 13.2 Å². The molecule has 0 aromatic heterocycles. The maximum atomic E-state index is 12.1. The topological polar surface area (TPSA) is 44.5 Å². The molecule has 0 fully saturated rings. The molecule has 6 heteroatoms. The Morgan fingerprint density at radius 1 is 1.17 bits per heavy atom. The average molecular weight is 261 g/mol. The predicted molar refractivity (Wildman–Crippen MR) is 59.6 cm³/mol. The molecule has 1 aliphatic rings. The van der Waals surface area contributed by atoms with Gasteiger partial charge in [0.25, 0.3) is 0 Å². The van der Waals surface area contributed by atoms with Crippen LogP contribution in [0.4, 0.5) is 13.2 Å². The van der Waals surface area contributed by atoms with Crippen LogP contribution in [0, 0.1) is 0 Å². The van der Waals surface area contributed by atoms with Gasteiger partial charge < -0.3 is 15.2 Å². The van der Waals surface area contributed by atoms with Gasteiger partial charge >= 0.3 is 6.18 Å². The van der Waals surface area contributed by atoms with Crippen molar-refractivity contribution in [3.63, 3.8) is 0 Å². The van der Waals surface area contributed by atoms with E-state index in [2.05, 4.69) is 0 Å². The molecule has 1 atom stereocenters. The SMILES string of the molecule is N[C@@H](CCC(F)(F)F)c1ccc2c(c1)OCCO2. The second-order valence-electron chi connectivity index (χ2n) is 4.16. The minimum Gasteiger partial charge on any atom is -0.486 e. The first kappa shape index (κ1) is 13.0. The highest BCUT2D eigenvalue weighted by Gasteiger charge is 2.28. The Hall–Kier alpha value is -1.43. The molecule has 0 spiro atoms. The summed E-state index contributed by atoms with van der Waals surface area (Å²) in [4.78, 5) is 0. The summed E-state index contributed by atoms with van der Waals surface area (Å²) in [7, 11) is 0. The van der Waals surface area contributed by atoms with Crippen molar-refractivity contribution in [2.24, 2.45) is 5.73 Å². The van der Waals surface area contributed by atoms with Gasteiger partial charge in [0.15, 0.2) is 11.5 Å². The fourth-order valence-corrected chi connectivity index (χ4v) is 1.78. The molecule has 1 aromatic carbocycles. The lowest BCUT2D eigenvalue weighted by atomic mass is 10.0. The Labute approximate surface area is 103 Å². The van der Waals surface area contributed by atoms with Gasteiger partial charge in [-0.1, -0.05) is 6.07 Å². The number of ether oxygens (including phenoxy) is 2. The summed E-state index contributed by atoms with van der Waals surface area (Å²) in [5.74, 6) is 1.15. The maximum Gasteiger partial charge on any atom is 0.389 e. The minimum atomic E-state index is -4.18. The normalized spacial score (nSPS) is 16.4. The summed E-state index contributed by atoms with van der Waals surface area (Å²) in [6.07, 6.45) is -5.20. The van der Waals surface area contributed by atoms with E-state index in [1.165, 1.54) is 0 Å². The van der Waals surface area contributed by atoms with Gasteiger partial charge in [-0.25, -0.2) is 0 Å². The van der Waals surface area contributed by atoms with Gasteiger partial charge in [-0.05, 0) is 24.1 Å². The maximum absolute atomic E-state index is 12.1. The quantitative estimate of drug-likeness (QED) is 0.909. The molecule has 2 rings (SSSR count). The van der Waals surface area contributed by atoms with Gasteiger partial charge in [-0.3, -0.25) is 0 Å². The molecule has 0 saturated heterocycles. The second kappa shape index (κ2) is 5.06. The van der Waals surface area contributed by atoms with Gasteiger partial charge in [0.2, 0.25) is 0 Å². The number of alkyl halides is 3. The zero-order valence-corrected chi connectivity index (χ0v) is 9.67. The molecule has 0 radical (unpaired) electrons. The van der Waals surface area contributed by atoms with Crippen LogP contribution < -0.4 is 15.2 Å². The first-order valence-electron chi connectivity index (χ1n) is 5.67. The molecule has 0 saturated carbocycles. The molecule has 100 valence electrons. The van der Waals surface area contributed by atoms with Crippen molar-refractivity contribution in [2.45, 2.75) is 25.1 Å². The van der Waals surface area contributed by atoms with Crippen LogP contribution in [0.2, 0.25) is 0 Å². The lowest BCUT2D eigenvalue weighted by molar-refractivity contribution is -0.136. The van der Waals surface area contributed by atoms with E-state index in [-0.39, 0.29) is 6.42 Å². The molecule has 1 heterocycles. The highest BCUT2D eigenvalue weighted by atomic mass is 19.4. The molecule has 0 bridgehead atoms. The fourth-order valence-electron chi connectivity index (χ4n) is 1.78. The summed E-state index contributed by atoms with van der Waals surface area (Å²) in [5, 5.41) is 0. The number of rotatable bonds is 3. The fraction of sp³-hybridized carbons (Fsp3) is 0.500. The zero-order chi connectivity index (χ0) is 13.2. The molecule has 3 nitrogen and oxygen atoms in total. The van der Waals surface area contributed by atoms with Gasteiger partial charge in [0.05, 0.1) is 0 Å². The number of benzene rings is 1. The van der Waals surface area contributed by atoms with Crippen molar-refractivity contribution in [1.29, 1.82) is 0 Å². The highest BCUT2D eigenvalue weighted by Crippen LogP contribution is 2.34. The Balaban J connectivity index is 2.04. The van der Waals surface area contributed by atoms with Gasteiger partial charge in [-0.15, -0.1) is 0 Å². The summed E-state index contributed by atoms with van der Waals surface area (Å²) in [6, 6.07) is 4.35. The Kier molecular flexibility index (Phi) is 3.65. The van der Waals surface area contributed by atoms with Crippen molar-refractivity contribution in [3.05, 3.63) is 23.8 Å². The number of nitrogens with two attached hydrogens (primary N) is 1. The van der Waals surface area contributed by atoms with Crippen molar-refractivity contribution in [2.75, 3.05) is 13.2 Å². The van der Waals surface area contributed by atoms with Gasteiger partial charge in [0, 0.05) is 12.5 Å². The second-order valence-corrected chi connectivity index (χ2v) is 4.16. The minimum absolute atomic E-state index is 0.136. The van der Waals surface area contributed by atoms with Crippen molar-refractivity contribution < 1.29 is 22.6 Å². The molecule has 2 N–H and O–H groups in total. The van der Waals surface area contributed by atoms with E-state index < -0.39 is 18.6 Å². The first-order valence-corrected chi connectivity index (χ1v) is 5.67. The van der Waals surface area contributed by atoms with Gasteiger partial charge in [-0.2, -0.15) is 13.2 Å². The summed E-state index contributed by atoms with van der Waals surface area (Å²) in [6.45, 7) is 0.917. The predicted octanol–water partition coefficient (Wildman–Crippen LogP) is 2.80. The third-order valence-corrected chi connectivity index (χ3v) is 2.73. The number of fused-ring (bicyclic) bond motifs is 1. The smallest absolute Gasteiger partial charge is 0.389 e. The van der Waals surface area contributed by atoms with Crippen LogP contribution in [0.1, 0.15) is 24.4 Å². The van der Waals surface area contributed by atoms with Crippen molar-refractivity contribution in [1.82, 2.24) is 0 Å². The lowest BCUT2D eigenvalue weighted by Gasteiger charge is -2.20. The molecule has 0 aliphatic carbocycles. The summed E-state index contributed by atoms with van der Waals surface area (Å²) in [5.41, 5.74) is 6.37. The van der Waals surface area contributed by atoms with E-state index in [4.69, 9.17) is 15.2 Å². The van der Waals surface area contributed by atoms with Gasteiger partial charge in [0.1, 0.15) is 13.2 Å². The zero-order valence-electron chi connectivity index (χ0n) is 9.67. The standard InChI is InChI=1S/C12H14F3NO2/c13-12(14,15)4-3-9(16)8-1-2-10-11(7-8)18-6-5-17-10/h1-2,7,9H,3-6,16H2/t9-/m0/s1. The van der Waals surface area contributed by atoms with Crippen LogP contribution in [0.3, 0.4) is 0 Å². The summed E-state index contributed by atoms with van der Waals surface area (Å²) < 4.78 is 47.0. The molecular formula is C12H14F3NO2. The largest absolute Gasteiger partial charge is 0.486 e. The van der Waals surface area contributed by atoms with E-state index in [1.807, 2.05) is 0 Å². The number of hydrogen-bond donors (Lipinski definition) is 1.